The van der Waals surface area contributed by atoms with Crippen LogP contribution in [-0.4, -0.2) is 59.8 Å². The normalized spacial score (nSPS) is 11.6. The van der Waals surface area contributed by atoms with Crippen LogP contribution in [0.5, 0.6) is 5.75 Å². The first-order chi connectivity index (χ1) is 18.8. The van der Waals surface area contributed by atoms with Gasteiger partial charge in [0.25, 0.3) is 5.91 Å². The number of amides is 1. The Morgan fingerprint density at radius 3 is 2.38 bits per heavy atom. The largest absolute Gasteiger partial charge is 0.495 e. The first-order valence-corrected chi connectivity index (χ1v) is 15.9. The van der Waals surface area contributed by atoms with Crippen molar-refractivity contribution in [2.75, 3.05) is 42.9 Å². The van der Waals surface area contributed by atoms with Crippen LogP contribution in [0.1, 0.15) is 27.7 Å². The molecule has 0 bridgehead atoms. The molecule has 0 radical (unpaired) electrons. The monoisotopic (exact) mass is 584 g/mol. The van der Waals surface area contributed by atoms with Crippen molar-refractivity contribution in [3.05, 3.63) is 65.8 Å². The second kappa shape index (κ2) is 13.3. The number of carbonyl (C=O) groups is 1. The second-order valence-electron chi connectivity index (χ2n) is 10.3. The zero-order valence-corrected chi connectivity index (χ0v) is 25.7. The van der Waals surface area contributed by atoms with Crippen LogP contribution in [-0.2, 0) is 9.36 Å². The highest BCUT2D eigenvalue weighted by molar-refractivity contribution is 7.70. The lowest BCUT2D eigenvalue weighted by atomic mass is 10.1. The molecule has 0 unspecified atom stereocenters. The number of para-hydroxylation sites is 1. The number of halogens is 1. The highest BCUT2D eigenvalue weighted by atomic mass is 35.5. The number of aromatic nitrogens is 2. The first kappa shape index (κ1) is 31.1. The summed E-state index contributed by atoms with van der Waals surface area (Å²) in [6, 6.07) is 13.1. The number of hydrogen-bond donors (Lipinski definition) is 3. The molecule has 0 spiro atoms. The number of ether oxygens (including phenoxy) is 1. The predicted molar refractivity (Wildman–Crippen MR) is 167 cm³/mol. The molecule has 0 aliphatic rings. The fraction of sp³-hybridized carbons (Fsp3) is 0.345. The molecule has 40 heavy (non-hydrogen) atoms. The lowest BCUT2D eigenvalue weighted by Crippen LogP contribution is -2.39. The average molecular weight is 585 g/mol. The lowest BCUT2D eigenvalue weighted by molar-refractivity contribution is -0.113. The molecule has 11 heteroatoms. The van der Waals surface area contributed by atoms with Crippen LogP contribution in [0.4, 0.5) is 28.8 Å². The Labute approximate surface area is 241 Å². The standard InChI is InChI=1S/C29H38ClN6O3P/c1-18(2)36(19(3)4)17-20(5)28(37)32-21-13-14-25(39-6)24(15-21)34-29-31-16-22(30)27(35-29)33-23-11-9-10-12-26(23)40(7,8)38/h9-16,18-19H,5,17H2,1-4,6-8H3,(H,32,37)(H2,31,33,34,35). The van der Waals surface area contributed by atoms with Gasteiger partial charge in [-0.05, 0) is 71.4 Å². The van der Waals surface area contributed by atoms with Crippen LogP contribution in [0.2, 0.25) is 5.02 Å². The number of nitrogens with zero attached hydrogens (tertiary/aromatic N) is 3. The Morgan fingerprint density at radius 1 is 1.07 bits per heavy atom. The third-order valence-electron chi connectivity index (χ3n) is 6.21. The Hall–Kier alpha value is -3.39. The quantitative estimate of drug-likeness (QED) is 0.164. The van der Waals surface area contributed by atoms with Gasteiger partial charge < -0.3 is 25.3 Å². The highest BCUT2D eigenvalue weighted by Crippen LogP contribution is 2.39. The minimum absolute atomic E-state index is 0.247. The van der Waals surface area contributed by atoms with Gasteiger partial charge in [0.05, 0.1) is 24.7 Å². The molecular weight excluding hydrogens is 547 g/mol. The van der Waals surface area contributed by atoms with E-state index in [1.807, 2.05) is 24.3 Å². The molecule has 1 amide bonds. The van der Waals surface area contributed by atoms with Crippen molar-refractivity contribution in [1.82, 2.24) is 14.9 Å². The van der Waals surface area contributed by atoms with Crippen molar-refractivity contribution in [2.45, 2.75) is 39.8 Å². The van der Waals surface area contributed by atoms with Crippen molar-refractivity contribution >= 4 is 58.8 Å². The molecule has 0 atom stereocenters. The van der Waals surface area contributed by atoms with E-state index < -0.39 is 7.14 Å². The molecule has 2 aromatic carbocycles. The molecule has 0 aliphatic heterocycles. The van der Waals surface area contributed by atoms with E-state index in [-0.39, 0.29) is 23.9 Å². The zero-order chi connectivity index (χ0) is 29.6. The van der Waals surface area contributed by atoms with Crippen LogP contribution in [0.15, 0.2) is 60.8 Å². The van der Waals surface area contributed by atoms with Gasteiger partial charge in [-0.15, -0.1) is 0 Å². The maximum Gasteiger partial charge on any atom is 0.252 e. The number of hydrogen-bond acceptors (Lipinski definition) is 8. The smallest absolute Gasteiger partial charge is 0.252 e. The molecule has 0 aliphatic carbocycles. The number of carbonyl (C=O) groups excluding carboxylic acids is 1. The fourth-order valence-electron chi connectivity index (χ4n) is 4.17. The molecule has 3 aromatic rings. The van der Waals surface area contributed by atoms with Crippen LogP contribution in [0.25, 0.3) is 0 Å². The van der Waals surface area contributed by atoms with E-state index in [1.54, 1.807) is 38.6 Å². The highest BCUT2D eigenvalue weighted by Gasteiger charge is 2.19. The van der Waals surface area contributed by atoms with Crippen molar-refractivity contribution in [3.63, 3.8) is 0 Å². The zero-order valence-electron chi connectivity index (χ0n) is 24.1. The molecule has 1 aromatic heterocycles. The summed E-state index contributed by atoms with van der Waals surface area (Å²) in [5.74, 6) is 0.856. The number of rotatable bonds is 12. The summed E-state index contributed by atoms with van der Waals surface area (Å²) in [7, 11) is -1.00. The van der Waals surface area contributed by atoms with Crippen LogP contribution in [0.3, 0.4) is 0 Å². The van der Waals surface area contributed by atoms with E-state index in [2.05, 4.69) is 65.1 Å². The molecule has 0 saturated heterocycles. The maximum absolute atomic E-state index is 12.9. The molecule has 3 N–H and O–H groups in total. The molecule has 0 saturated carbocycles. The van der Waals surface area contributed by atoms with Gasteiger partial charge in [-0.25, -0.2) is 4.98 Å². The third kappa shape index (κ3) is 8.07. The Morgan fingerprint density at radius 2 is 1.75 bits per heavy atom. The van der Waals surface area contributed by atoms with Crippen molar-refractivity contribution in [2.24, 2.45) is 0 Å². The predicted octanol–water partition coefficient (Wildman–Crippen LogP) is 6.49. The maximum atomic E-state index is 12.9. The van der Waals surface area contributed by atoms with Gasteiger partial charge in [0, 0.05) is 35.2 Å². The average Bonchev–Trinajstić information content (AvgIpc) is 2.88. The van der Waals surface area contributed by atoms with E-state index in [0.29, 0.717) is 51.1 Å². The van der Waals surface area contributed by atoms with E-state index in [0.717, 1.165) is 0 Å². The van der Waals surface area contributed by atoms with E-state index in [1.165, 1.54) is 6.20 Å². The van der Waals surface area contributed by atoms with Crippen molar-refractivity contribution in [1.29, 1.82) is 0 Å². The lowest BCUT2D eigenvalue weighted by Gasteiger charge is -2.30. The summed E-state index contributed by atoms with van der Waals surface area (Å²) in [6.07, 6.45) is 1.47. The van der Waals surface area contributed by atoms with E-state index >= 15 is 0 Å². The molecule has 0 fully saturated rings. The van der Waals surface area contributed by atoms with Crippen LogP contribution >= 0.6 is 18.7 Å². The van der Waals surface area contributed by atoms with E-state index in [4.69, 9.17) is 16.3 Å². The molecule has 3 rings (SSSR count). The van der Waals surface area contributed by atoms with Crippen LogP contribution in [0, 0.1) is 0 Å². The fourth-order valence-corrected chi connectivity index (χ4v) is 5.46. The Balaban J connectivity index is 1.82. The Kier molecular flexibility index (Phi) is 10.4. The van der Waals surface area contributed by atoms with Gasteiger partial charge in [-0.2, -0.15) is 4.98 Å². The third-order valence-corrected chi connectivity index (χ3v) is 8.03. The summed E-state index contributed by atoms with van der Waals surface area (Å²) >= 11 is 6.39. The van der Waals surface area contributed by atoms with Gasteiger partial charge in [0.1, 0.15) is 17.9 Å². The minimum Gasteiger partial charge on any atom is -0.495 e. The molecular formula is C29H38ClN6O3P. The van der Waals surface area contributed by atoms with Crippen molar-refractivity contribution < 1.29 is 14.1 Å². The van der Waals surface area contributed by atoms with Gasteiger partial charge in [0.15, 0.2) is 5.82 Å². The topological polar surface area (TPSA) is 108 Å². The number of nitrogens with one attached hydrogen (secondary N) is 3. The second-order valence-corrected chi connectivity index (χ2v) is 13.9. The summed E-state index contributed by atoms with van der Waals surface area (Å²) in [6.45, 7) is 16.3. The molecule has 9 nitrogen and oxygen atoms in total. The van der Waals surface area contributed by atoms with Gasteiger partial charge in [-0.1, -0.05) is 30.3 Å². The number of benzene rings is 2. The Bertz CT molecular complexity index is 1410. The van der Waals surface area contributed by atoms with Gasteiger partial charge in [0.2, 0.25) is 5.95 Å². The summed E-state index contributed by atoms with van der Waals surface area (Å²) in [5.41, 5.74) is 2.21. The molecule has 1 heterocycles. The number of anilines is 5. The van der Waals surface area contributed by atoms with E-state index in [9.17, 15) is 9.36 Å². The van der Waals surface area contributed by atoms with Crippen molar-refractivity contribution in [3.8, 4) is 5.75 Å². The molecule has 214 valence electrons. The summed E-state index contributed by atoms with van der Waals surface area (Å²) < 4.78 is 18.3. The van der Waals surface area contributed by atoms with Crippen LogP contribution < -0.4 is 26.0 Å². The minimum atomic E-state index is -2.55. The number of methoxy groups -OCH3 is 1. The SMILES string of the molecule is C=C(CN(C(C)C)C(C)C)C(=O)Nc1ccc(OC)c(Nc2ncc(Cl)c(Nc3ccccc3P(C)(C)=O)n2)c1. The van der Waals surface area contributed by atoms with Gasteiger partial charge in [-0.3, -0.25) is 9.69 Å². The summed E-state index contributed by atoms with van der Waals surface area (Å²) in [5, 5.41) is 10.2. The first-order valence-electron chi connectivity index (χ1n) is 12.9. The summed E-state index contributed by atoms with van der Waals surface area (Å²) in [4.78, 5) is 23.9. The van der Waals surface area contributed by atoms with Gasteiger partial charge >= 0.3 is 0 Å².